The number of aryl methyl sites for hydroxylation is 1. The lowest BCUT2D eigenvalue weighted by Crippen LogP contribution is -2.53. The number of anilines is 1. The van der Waals surface area contributed by atoms with Crippen LogP contribution in [0.2, 0.25) is 10.0 Å². The third-order valence-electron chi connectivity index (χ3n) is 6.82. The molecule has 3 aromatic rings. The maximum atomic E-state index is 14.2. The highest BCUT2D eigenvalue weighted by molar-refractivity contribution is 7.92. The van der Waals surface area contributed by atoms with E-state index in [9.17, 15) is 18.0 Å². The van der Waals surface area contributed by atoms with Gasteiger partial charge in [0, 0.05) is 19.5 Å². The minimum absolute atomic E-state index is 0.0206. The van der Waals surface area contributed by atoms with Crippen LogP contribution in [0, 0.1) is 19.8 Å². The Hall–Kier alpha value is -3.07. The van der Waals surface area contributed by atoms with Crippen LogP contribution in [0.5, 0.6) is 0 Å². The number of benzene rings is 3. The van der Waals surface area contributed by atoms with Crippen molar-refractivity contribution in [1.82, 2.24) is 10.2 Å². The molecule has 0 aliphatic heterocycles. The number of carbonyl (C=O) groups excluding carboxylic acids is 2. The van der Waals surface area contributed by atoms with Crippen molar-refractivity contribution in [2.75, 3.05) is 23.7 Å². The molecule has 0 heterocycles. The second-order valence-electron chi connectivity index (χ2n) is 10.6. The summed E-state index contributed by atoms with van der Waals surface area (Å²) in [6, 6.07) is 18.8. The third-order valence-corrected chi connectivity index (χ3v) is 8.68. The Labute approximate surface area is 253 Å². The van der Waals surface area contributed by atoms with Gasteiger partial charge in [0.05, 0.1) is 22.0 Å². The molecule has 0 saturated heterocycles. The van der Waals surface area contributed by atoms with Crippen molar-refractivity contribution in [2.24, 2.45) is 5.92 Å². The van der Waals surface area contributed by atoms with Gasteiger partial charge in [0.25, 0.3) is 0 Å². The highest BCUT2D eigenvalue weighted by atomic mass is 35.5. The first kappa shape index (κ1) is 32.4. The lowest BCUT2D eigenvalue weighted by Gasteiger charge is -2.34. The molecule has 0 bridgehead atoms. The molecule has 0 radical (unpaired) electrons. The molecule has 7 nitrogen and oxygen atoms in total. The molecule has 2 amide bonds. The first-order valence-electron chi connectivity index (χ1n) is 13.4. The lowest BCUT2D eigenvalue weighted by molar-refractivity contribution is -0.140. The number of nitrogens with one attached hydrogen (secondary N) is 1. The van der Waals surface area contributed by atoms with Gasteiger partial charge in [-0.05, 0) is 60.2 Å². The Morgan fingerprint density at radius 1 is 0.902 bits per heavy atom. The van der Waals surface area contributed by atoms with Crippen LogP contribution in [0.1, 0.15) is 36.1 Å². The van der Waals surface area contributed by atoms with Crippen LogP contribution in [0.4, 0.5) is 5.69 Å². The molecule has 0 aliphatic rings. The van der Waals surface area contributed by atoms with E-state index in [1.54, 1.807) is 30.3 Å². The van der Waals surface area contributed by atoms with Crippen LogP contribution in [-0.2, 0) is 32.6 Å². The van der Waals surface area contributed by atoms with Gasteiger partial charge in [-0.2, -0.15) is 0 Å². The summed E-state index contributed by atoms with van der Waals surface area (Å²) in [7, 11) is -3.85. The molecule has 3 rings (SSSR count). The molecule has 0 spiro atoms. The van der Waals surface area contributed by atoms with E-state index in [0.29, 0.717) is 27.8 Å². The Morgan fingerprint density at radius 3 is 2.20 bits per heavy atom. The van der Waals surface area contributed by atoms with Crippen molar-refractivity contribution >= 4 is 50.7 Å². The highest BCUT2D eigenvalue weighted by Gasteiger charge is 2.33. The van der Waals surface area contributed by atoms with Gasteiger partial charge in [-0.1, -0.05) is 85.6 Å². The summed E-state index contributed by atoms with van der Waals surface area (Å²) in [6.07, 6.45) is 1.31. The number of rotatable bonds is 12. The van der Waals surface area contributed by atoms with Crippen molar-refractivity contribution in [3.63, 3.8) is 0 Å². The molecule has 3 aromatic carbocycles. The molecule has 0 fully saturated rings. The van der Waals surface area contributed by atoms with Crippen molar-refractivity contribution < 1.29 is 18.0 Å². The van der Waals surface area contributed by atoms with Gasteiger partial charge in [0.1, 0.15) is 12.6 Å². The highest BCUT2D eigenvalue weighted by Crippen LogP contribution is 2.27. The van der Waals surface area contributed by atoms with Crippen LogP contribution < -0.4 is 9.62 Å². The van der Waals surface area contributed by atoms with Gasteiger partial charge < -0.3 is 10.2 Å². The number of nitrogens with zero attached hydrogens (tertiary/aromatic N) is 2. The van der Waals surface area contributed by atoms with Crippen molar-refractivity contribution in [3.05, 3.63) is 99.0 Å². The minimum atomic E-state index is -3.85. The van der Waals surface area contributed by atoms with Gasteiger partial charge in [0.15, 0.2) is 0 Å². The van der Waals surface area contributed by atoms with Crippen LogP contribution in [0.3, 0.4) is 0 Å². The average Bonchev–Trinajstić information content (AvgIpc) is 2.91. The molecule has 1 atom stereocenters. The summed E-state index contributed by atoms with van der Waals surface area (Å²) in [5.41, 5.74) is 3.57. The number of halogens is 2. The van der Waals surface area contributed by atoms with E-state index in [2.05, 4.69) is 5.32 Å². The van der Waals surface area contributed by atoms with E-state index in [0.717, 1.165) is 27.3 Å². The number of hydrogen-bond donors (Lipinski definition) is 1. The molecule has 220 valence electrons. The number of sulfonamides is 1. The molecule has 41 heavy (non-hydrogen) atoms. The van der Waals surface area contributed by atoms with Gasteiger partial charge in [-0.15, -0.1) is 0 Å². The van der Waals surface area contributed by atoms with E-state index < -0.39 is 28.5 Å². The Balaban J connectivity index is 2.09. The first-order valence-corrected chi connectivity index (χ1v) is 16.0. The summed E-state index contributed by atoms with van der Waals surface area (Å²) >= 11 is 12.4. The standard InChI is InChI=1S/C31H37Cl2N3O4S/c1-21(2)18-34-31(38)29(17-24-11-7-6-8-12-24)35(19-25-14-15-26(32)27(33)16-25)30(37)20-36(41(5,39)40)28-13-9-10-22(3)23(28)4/h6-16,21,29H,17-20H2,1-5H3,(H,34,38)/t29-/m0/s1. The zero-order chi connectivity index (χ0) is 30.3. The fourth-order valence-corrected chi connectivity index (χ4v) is 5.63. The van der Waals surface area contributed by atoms with Gasteiger partial charge in [-0.3, -0.25) is 13.9 Å². The van der Waals surface area contributed by atoms with Gasteiger partial charge in [-0.25, -0.2) is 8.42 Å². The first-order chi connectivity index (χ1) is 19.3. The van der Waals surface area contributed by atoms with Crippen molar-refractivity contribution in [3.8, 4) is 0 Å². The predicted molar refractivity (Wildman–Crippen MR) is 167 cm³/mol. The van der Waals surface area contributed by atoms with E-state index in [1.807, 2.05) is 64.1 Å². The van der Waals surface area contributed by atoms with Gasteiger partial charge >= 0.3 is 0 Å². The number of amides is 2. The summed E-state index contributed by atoms with van der Waals surface area (Å²) in [6.45, 7) is 7.64. The molecule has 0 aromatic heterocycles. The molecule has 1 N–H and O–H groups in total. The summed E-state index contributed by atoms with van der Waals surface area (Å²) in [4.78, 5) is 29.3. The molecular weight excluding hydrogens is 581 g/mol. The SMILES string of the molecule is Cc1cccc(N(CC(=O)N(Cc2ccc(Cl)c(Cl)c2)[C@@H](Cc2ccccc2)C(=O)NCC(C)C)S(C)(=O)=O)c1C. The van der Waals surface area contributed by atoms with Crippen molar-refractivity contribution in [2.45, 2.75) is 46.7 Å². The summed E-state index contributed by atoms with van der Waals surface area (Å²) in [5.74, 6) is -0.655. The maximum absolute atomic E-state index is 14.2. The normalized spacial score (nSPS) is 12.2. The van der Waals surface area contributed by atoms with Crippen LogP contribution in [-0.4, -0.2) is 50.5 Å². The van der Waals surface area contributed by atoms with Crippen LogP contribution in [0.25, 0.3) is 0 Å². The smallest absolute Gasteiger partial charge is 0.244 e. The summed E-state index contributed by atoms with van der Waals surface area (Å²) < 4.78 is 27.1. The fourth-order valence-electron chi connectivity index (χ4n) is 4.41. The minimum Gasteiger partial charge on any atom is -0.354 e. The number of carbonyl (C=O) groups is 2. The van der Waals surface area contributed by atoms with Crippen molar-refractivity contribution in [1.29, 1.82) is 0 Å². The Morgan fingerprint density at radius 2 is 1.59 bits per heavy atom. The Bertz CT molecular complexity index is 1480. The van der Waals surface area contributed by atoms with Gasteiger partial charge in [0.2, 0.25) is 21.8 Å². The predicted octanol–water partition coefficient (Wildman–Crippen LogP) is 5.79. The monoisotopic (exact) mass is 617 g/mol. The van der Waals surface area contributed by atoms with E-state index >= 15 is 0 Å². The Kier molecular flexibility index (Phi) is 11.2. The number of hydrogen-bond acceptors (Lipinski definition) is 4. The van der Waals surface area contributed by atoms with E-state index in [1.165, 1.54) is 4.90 Å². The fraction of sp³-hybridized carbons (Fsp3) is 0.355. The molecule has 0 saturated carbocycles. The topological polar surface area (TPSA) is 86.8 Å². The maximum Gasteiger partial charge on any atom is 0.244 e. The van der Waals surface area contributed by atoms with E-state index in [4.69, 9.17) is 23.2 Å². The van der Waals surface area contributed by atoms with Crippen LogP contribution in [0.15, 0.2) is 66.7 Å². The molecular formula is C31H37Cl2N3O4S. The van der Waals surface area contributed by atoms with Crippen LogP contribution >= 0.6 is 23.2 Å². The molecule has 0 unspecified atom stereocenters. The van der Waals surface area contributed by atoms with E-state index in [-0.39, 0.29) is 24.8 Å². The lowest BCUT2D eigenvalue weighted by atomic mass is 10.0. The quantitative estimate of drug-likeness (QED) is 0.279. The second kappa shape index (κ2) is 14.2. The molecule has 10 heteroatoms. The zero-order valence-electron chi connectivity index (χ0n) is 24.0. The second-order valence-corrected chi connectivity index (χ2v) is 13.3. The zero-order valence-corrected chi connectivity index (χ0v) is 26.4. The molecule has 0 aliphatic carbocycles. The third kappa shape index (κ3) is 8.96. The largest absolute Gasteiger partial charge is 0.354 e. The average molecular weight is 619 g/mol. The summed E-state index contributed by atoms with van der Waals surface area (Å²) in [5, 5.41) is 3.64.